The Labute approximate surface area is 118 Å². The van der Waals surface area contributed by atoms with Crippen molar-refractivity contribution in [2.45, 2.75) is 19.8 Å². The highest BCUT2D eigenvalue weighted by molar-refractivity contribution is 7.91. The molecule has 1 heterocycles. The van der Waals surface area contributed by atoms with Gasteiger partial charge >= 0.3 is 0 Å². The van der Waals surface area contributed by atoms with Crippen molar-refractivity contribution in [1.82, 2.24) is 0 Å². The second-order valence-corrected chi connectivity index (χ2v) is 7.31. The van der Waals surface area contributed by atoms with Gasteiger partial charge in [-0.25, -0.2) is 8.42 Å². The summed E-state index contributed by atoms with van der Waals surface area (Å²) in [5.41, 5.74) is 1.14. The molecular formula is C14H17NO4S. The molecule has 20 heavy (non-hydrogen) atoms. The predicted octanol–water partition coefficient (Wildman–Crippen LogP) is 1.65. The highest BCUT2D eigenvalue weighted by atomic mass is 32.2. The van der Waals surface area contributed by atoms with Crippen molar-refractivity contribution in [3.05, 3.63) is 29.8 Å². The molecule has 1 fully saturated rings. The fraction of sp³-hybridized carbons (Fsp3) is 0.429. The third-order valence-corrected chi connectivity index (χ3v) is 5.21. The minimum atomic E-state index is -3.09. The first-order valence-corrected chi connectivity index (χ1v) is 8.32. The van der Waals surface area contributed by atoms with Crippen molar-refractivity contribution < 1.29 is 18.0 Å². The van der Waals surface area contributed by atoms with E-state index in [1.165, 1.54) is 6.92 Å². The van der Waals surface area contributed by atoms with Crippen LogP contribution in [0.25, 0.3) is 0 Å². The van der Waals surface area contributed by atoms with Gasteiger partial charge in [0.2, 0.25) is 5.91 Å². The Bertz CT molecular complexity index is 619. The van der Waals surface area contributed by atoms with Crippen LogP contribution in [0.2, 0.25) is 0 Å². The molecule has 0 aromatic heterocycles. The van der Waals surface area contributed by atoms with Crippen molar-refractivity contribution >= 4 is 27.2 Å². The summed E-state index contributed by atoms with van der Waals surface area (Å²) in [4.78, 5) is 23.2. The van der Waals surface area contributed by atoms with E-state index in [1.807, 2.05) is 0 Å². The van der Waals surface area contributed by atoms with Crippen LogP contribution in [0.1, 0.15) is 30.1 Å². The monoisotopic (exact) mass is 295 g/mol. The number of amides is 1. The van der Waals surface area contributed by atoms with E-state index in [0.29, 0.717) is 24.1 Å². The fourth-order valence-corrected chi connectivity index (χ4v) is 3.97. The Kier molecular flexibility index (Phi) is 4.23. The van der Waals surface area contributed by atoms with Crippen LogP contribution in [0, 0.1) is 5.92 Å². The number of Topliss-reactive ketones (excluding diaryl/α,β-unsaturated/α-hetero) is 1. The molecule has 6 heteroatoms. The number of carbonyl (C=O) groups excluding carboxylic acids is 2. The summed E-state index contributed by atoms with van der Waals surface area (Å²) in [6.45, 7) is 1.47. The van der Waals surface area contributed by atoms with E-state index in [-0.39, 0.29) is 23.2 Å². The first-order valence-electron chi connectivity index (χ1n) is 6.50. The summed E-state index contributed by atoms with van der Waals surface area (Å²) < 4.78 is 23.0. The zero-order valence-electron chi connectivity index (χ0n) is 11.3. The van der Waals surface area contributed by atoms with Crippen molar-refractivity contribution in [3.8, 4) is 0 Å². The van der Waals surface area contributed by atoms with Gasteiger partial charge in [0, 0.05) is 11.3 Å². The van der Waals surface area contributed by atoms with Gasteiger partial charge < -0.3 is 5.32 Å². The Morgan fingerprint density at radius 2 is 1.85 bits per heavy atom. The van der Waals surface area contributed by atoms with Crippen molar-refractivity contribution in [2.75, 3.05) is 16.8 Å². The van der Waals surface area contributed by atoms with E-state index in [2.05, 4.69) is 5.32 Å². The van der Waals surface area contributed by atoms with Gasteiger partial charge in [0.15, 0.2) is 15.6 Å². The molecule has 108 valence electrons. The fourth-order valence-electron chi connectivity index (χ4n) is 2.26. The molecule has 0 bridgehead atoms. The minimum absolute atomic E-state index is 0.0405. The lowest BCUT2D eigenvalue weighted by molar-refractivity contribution is -0.119. The number of rotatable bonds is 3. The van der Waals surface area contributed by atoms with Crippen molar-refractivity contribution in [2.24, 2.45) is 5.92 Å². The van der Waals surface area contributed by atoms with E-state index < -0.39 is 15.8 Å². The molecule has 0 aliphatic carbocycles. The van der Waals surface area contributed by atoms with Gasteiger partial charge in [-0.05, 0) is 44.0 Å². The maximum Gasteiger partial charge on any atom is 0.228 e. The number of sulfone groups is 1. The molecule has 5 nitrogen and oxygen atoms in total. The summed E-state index contributed by atoms with van der Waals surface area (Å²) in [6, 6.07) is 6.56. The van der Waals surface area contributed by atoms with Crippen LogP contribution < -0.4 is 5.32 Å². The second kappa shape index (κ2) is 5.75. The maximum atomic E-state index is 12.0. The lowest BCUT2D eigenvalue weighted by Crippen LogP contribution is -2.34. The summed E-state index contributed by atoms with van der Waals surface area (Å²) in [6.07, 6.45) is 1.13. The van der Waals surface area contributed by atoms with Crippen LogP contribution in [-0.4, -0.2) is 31.6 Å². The normalized spacial score (nSPS) is 21.1. The van der Waals surface area contributed by atoms with Crippen LogP contribution >= 0.6 is 0 Å². The van der Waals surface area contributed by atoms with Crippen molar-refractivity contribution in [3.63, 3.8) is 0 Å². The summed E-state index contributed by atoms with van der Waals surface area (Å²) in [5.74, 6) is -0.708. The van der Waals surface area contributed by atoms with Gasteiger partial charge in [0.25, 0.3) is 0 Å². The van der Waals surface area contributed by atoms with E-state index in [0.717, 1.165) is 0 Å². The van der Waals surface area contributed by atoms with Gasteiger partial charge in [-0.3, -0.25) is 9.59 Å². The molecule has 0 radical (unpaired) electrons. The summed E-state index contributed by atoms with van der Waals surface area (Å²) >= 11 is 0. The number of ketones is 1. The molecule has 1 amide bonds. The first kappa shape index (κ1) is 14.7. The lowest BCUT2D eigenvalue weighted by atomic mass is 10.0. The Hall–Kier alpha value is -1.69. The molecule has 1 aromatic rings. The predicted molar refractivity (Wildman–Crippen MR) is 76.5 cm³/mol. The van der Waals surface area contributed by atoms with Gasteiger partial charge in [-0.2, -0.15) is 0 Å². The molecule has 1 aliphatic heterocycles. The van der Waals surface area contributed by atoms with Crippen LogP contribution in [-0.2, 0) is 14.6 Å². The van der Waals surface area contributed by atoms with Crippen LogP contribution in [0.5, 0.6) is 0 Å². The summed E-state index contributed by atoms with van der Waals surface area (Å²) in [5, 5.41) is 2.70. The average molecular weight is 295 g/mol. The number of anilines is 1. The third-order valence-electron chi connectivity index (χ3n) is 3.39. The Morgan fingerprint density at radius 1 is 1.20 bits per heavy atom. The van der Waals surface area contributed by atoms with Crippen molar-refractivity contribution in [1.29, 1.82) is 0 Å². The highest BCUT2D eigenvalue weighted by Crippen LogP contribution is 2.20. The highest BCUT2D eigenvalue weighted by Gasteiger charge is 2.29. The molecule has 1 atom stereocenters. The van der Waals surface area contributed by atoms with Crippen LogP contribution in [0.4, 0.5) is 5.69 Å². The topological polar surface area (TPSA) is 80.3 Å². The Morgan fingerprint density at radius 3 is 2.40 bits per heavy atom. The largest absolute Gasteiger partial charge is 0.326 e. The van der Waals surface area contributed by atoms with Crippen LogP contribution in [0.3, 0.4) is 0 Å². The number of hydrogen-bond donors (Lipinski definition) is 1. The number of nitrogens with one attached hydrogen (secondary N) is 1. The van der Waals surface area contributed by atoms with E-state index in [4.69, 9.17) is 0 Å². The number of carbonyl (C=O) groups is 2. The molecule has 2 rings (SSSR count). The molecule has 0 spiro atoms. The van der Waals surface area contributed by atoms with Gasteiger partial charge in [-0.15, -0.1) is 0 Å². The van der Waals surface area contributed by atoms with Gasteiger partial charge in [0.05, 0.1) is 17.4 Å². The van der Waals surface area contributed by atoms with E-state index in [9.17, 15) is 18.0 Å². The maximum absolute atomic E-state index is 12.0. The molecule has 1 unspecified atom stereocenters. The molecular weight excluding hydrogens is 278 g/mol. The number of benzene rings is 1. The SMILES string of the molecule is CC(=O)c1ccc(NC(=O)C2CCCS(=O)(=O)C2)cc1. The second-order valence-electron chi connectivity index (χ2n) is 5.08. The molecule has 1 saturated heterocycles. The third kappa shape index (κ3) is 3.66. The lowest BCUT2D eigenvalue weighted by Gasteiger charge is -2.21. The van der Waals surface area contributed by atoms with Crippen LogP contribution in [0.15, 0.2) is 24.3 Å². The summed E-state index contributed by atoms with van der Waals surface area (Å²) in [7, 11) is -3.09. The number of hydrogen-bond acceptors (Lipinski definition) is 4. The molecule has 1 N–H and O–H groups in total. The standard InChI is InChI=1S/C14H17NO4S/c1-10(16)11-4-6-13(7-5-11)15-14(17)12-3-2-8-20(18,19)9-12/h4-7,12H,2-3,8-9H2,1H3,(H,15,17). The first-order chi connectivity index (χ1) is 9.37. The average Bonchev–Trinajstić information content (AvgIpc) is 2.38. The van der Waals surface area contributed by atoms with Gasteiger partial charge in [-0.1, -0.05) is 0 Å². The zero-order valence-corrected chi connectivity index (χ0v) is 12.1. The van der Waals surface area contributed by atoms with Gasteiger partial charge in [0.1, 0.15) is 0 Å². The molecule has 0 saturated carbocycles. The molecule has 1 aliphatic rings. The van der Waals surface area contributed by atoms with E-state index >= 15 is 0 Å². The molecule has 1 aromatic carbocycles. The zero-order chi connectivity index (χ0) is 14.8. The minimum Gasteiger partial charge on any atom is -0.326 e. The Balaban J connectivity index is 2.02. The van der Waals surface area contributed by atoms with E-state index in [1.54, 1.807) is 24.3 Å². The smallest absolute Gasteiger partial charge is 0.228 e. The quantitative estimate of drug-likeness (QED) is 0.860.